The number of para-hydroxylation sites is 1. The quantitative estimate of drug-likeness (QED) is 0.324. The molecule has 3 rings (SSSR count). The van der Waals surface area contributed by atoms with E-state index in [1.807, 2.05) is 81.4 Å². The number of nitrogens with zero attached hydrogens (tertiary/aromatic N) is 4. The van der Waals surface area contributed by atoms with Crippen molar-refractivity contribution in [1.82, 2.24) is 19.4 Å². The third-order valence-electron chi connectivity index (χ3n) is 6.54. The molecule has 0 aliphatic heterocycles. The Balaban J connectivity index is 2.03. The topological polar surface area (TPSA) is 58.4 Å². The minimum Gasteiger partial charge on any atom is -0.331 e. The second kappa shape index (κ2) is 12.6. The summed E-state index contributed by atoms with van der Waals surface area (Å²) < 4.78 is 1.68. The van der Waals surface area contributed by atoms with Crippen LogP contribution in [0.25, 0.3) is 16.6 Å². The Morgan fingerprint density at radius 3 is 2.34 bits per heavy atom. The zero-order chi connectivity index (χ0) is 25.4. The molecule has 3 aromatic rings. The Labute approximate surface area is 209 Å². The summed E-state index contributed by atoms with van der Waals surface area (Å²) in [5.74, 6) is 0.712. The van der Waals surface area contributed by atoms with E-state index >= 15 is 0 Å². The number of carbonyl (C=O) groups is 1. The van der Waals surface area contributed by atoms with E-state index in [2.05, 4.69) is 11.8 Å². The van der Waals surface area contributed by atoms with Crippen molar-refractivity contribution in [1.29, 1.82) is 0 Å². The van der Waals surface area contributed by atoms with Crippen LogP contribution in [0.4, 0.5) is 0 Å². The summed E-state index contributed by atoms with van der Waals surface area (Å²) >= 11 is 0. The van der Waals surface area contributed by atoms with Crippen LogP contribution >= 0.6 is 0 Å². The first kappa shape index (κ1) is 26.6. The fraction of sp³-hybridized carbons (Fsp3) is 0.483. The molecule has 1 amide bonds. The lowest BCUT2D eigenvalue weighted by Crippen LogP contribution is -2.40. The number of rotatable bonds is 12. The molecule has 1 atom stereocenters. The van der Waals surface area contributed by atoms with Gasteiger partial charge in [0, 0.05) is 19.5 Å². The van der Waals surface area contributed by atoms with E-state index in [0.29, 0.717) is 29.7 Å². The van der Waals surface area contributed by atoms with Gasteiger partial charge in [0.25, 0.3) is 5.56 Å². The van der Waals surface area contributed by atoms with E-state index in [9.17, 15) is 9.59 Å². The lowest BCUT2D eigenvalue weighted by molar-refractivity contribution is -0.133. The van der Waals surface area contributed by atoms with Gasteiger partial charge in [0.1, 0.15) is 5.82 Å². The highest BCUT2D eigenvalue weighted by atomic mass is 16.2. The lowest BCUT2D eigenvalue weighted by atomic mass is 10.1. The third-order valence-corrected chi connectivity index (χ3v) is 6.54. The monoisotopic (exact) mass is 476 g/mol. The number of unbranched alkanes of at least 4 members (excludes halogenated alkanes) is 4. The first-order valence-corrected chi connectivity index (χ1v) is 12.9. The fourth-order valence-corrected chi connectivity index (χ4v) is 4.38. The Kier molecular flexibility index (Phi) is 9.61. The summed E-state index contributed by atoms with van der Waals surface area (Å²) in [6.45, 7) is 7.54. The lowest BCUT2D eigenvalue weighted by Gasteiger charge is -2.31. The SMILES string of the molecule is CCCCCCCC(=O)N(CCN(C)C)C(C)c1nc2ccccc2c(=O)n1-c1ccc(C)cc1. The van der Waals surface area contributed by atoms with E-state index in [1.165, 1.54) is 12.8 Å². The molecular weight excluding hydrogens is 436 g/mol. The molecule has 0 fully saturated rings. The highest BCUT2D eigenvalue weighted by molar-refractivity contribution is 5.79. The maximum atomic E-state index is 13.7. The summed E-state index contributed by atoms with van der Waals surface area (Å²) in [6, 6.07) is 15.0. The molecular formula is C29H40N4O2. The van der Waals surface area contributed by atoms with Gasteiger partial charge in [-0.2, -0.15) is 0 Å². The highest BCUT2D eigenvalue weighted by Gasteiger charge is 2.26. The minimum atomic E-state index is -0.350. The molecule has 6 nitrogen and oxygen atoms in total. The zero-order valence-electron chi connectivity index (χ0n) is 22.0. The summed E-state index contributed by atoms with van der Waals surface area (Å²) in [4.78, 5) is 36.0. The standard InChI is InChI=1S/C29H40N4O2/c1-6-7-8-9-10-15-27(34)32(21-20-31(4)5)23(3)28-30-26-14-12-11-13-25(26)29(35)33(28)24-18-16-22(2)17-19-24/h11-14,16-19,23H,6-10,15,20-21H2,1-5H3. The second-order valence-corrected chi connectivity index (χ2v) is 9.69. The van der Waals surface area contributed by atoms with Crippen LogP contribution in [0.5, 0.6) is 0 Å². The second-order valence-electron chi connectivity index (χ2n) is 9.69. The molecule has 0 N–H and O–H groups in total. The number of amides is 1. The Bertz CT molecular complexity index is 1170. The predicted octanol–water partition coefficient (Wildman–Crippen LogP) is 5.51. The van der Waals surface area contributed by atoms with Gasteiger partial charge in [-0.05, 0) is 58.6 Å². The van der Waals surface area contributed by atoms with Crippen LogP contribution in [0.1, 0.15) is 69.8 Å². The number of aryl methyl sites for hydroxylation is 1. The van der Waals surface area contributed by atoms with Crippen LogP contribution in [-0.2, 0) is 4.79 Å². The number of fused-ring (bicyclic) bond motifs is 1. The number of carbonyl (C=O) groups excluding carboxylic acids is 1. The van der Waals surface area contributed by atoms with Crippen molar-refractivity contribution in [3.8, 4) is 5.69 Å². The predicted molar refractivity (Wildman–Crippen MR) is 144 cm³/mol. The zero-order valence-corrected chi connectivity index (χ0v) is 22.0. The third kappa shape index (κ3) is 6.79. The Morgan fingerprint density at radius 2 is 1.66 bits per heavy atom. The molecule has 1 aromatic heterocycles. The molecule has 0 aliphatic rings. The van der Waals surface area contributed by atoms with E-state index in [1.54, 1.807) is 4.57 Å². The average Bonchev–Trinajstić information content (AvgIpc) is 2.84. The van der Waals surface area contributed by atoms with Crippen molar-refractivity contribution in [2.75, 3.05) is 27.2 Å². The van der Waals surface area contributed by atoms with Gasteiger partial charge in [-0.25, -0.2) is 4.98 Å². The Hall–Kier alpha value is -2.99. The minimum absolute atomic E-state index is 0.110. The molecule has 0 bridgehead atoms. The van der Waals surface area contributed by atoms with Crippen LogP contribution in [0, 0.1) is 6.92 Å². The summed E-state index contributed by atoms with van der Waals surface area (Å²) in [6.07, 6.45) is 6.03. The van der Waals surface area contributed by atoms with Crippen LogP contribution in [0.15, 0.2) is 53.3 Å². The molecule has 1 heterocycles. The number of benzene rings is 2. The number of hydrogen-bond acceptors (Lipinski definition) is 4. The number of aromatic nitrogens is 2. The average molecular weight is 477 g/mol. The summed E-state index contributed by atoms with van der Waals surface area (Å²) in [5.41, 5.74) is 2.43. The van der Waals surface area contributed by atoms with E-state index in [-0.39, 0.29) is 17.5 Å². The van der Waals surface area contributed by atoms with Crippen LogP contribution in [-0.4, -0.2) is 52.4 Å². The van der Waals surface area contributed by atoms with Crippen molar-refractivity contribution < 1.29 is 4.79 Å². The molecule has 35 heavy (non-hydrogen) atoms. The normalized spacial score (nSPS) is 12.3. The van der Waals surface area contributed by atoms with E-state index < -0.39 is 0 Å². The summed E-state index contributed by atoms with van der Waals surface area (Å²) in [5, 5.41) is 0.575. The smallest absolute Gasteiger partial charge is 0.266 e. The van der Waals surface area contributed by atoms with Crippen molar-refractivity contribution >= 4 is 16.8 Å². The molecule has 2 aromatic carbocycles. The van der Waals surface area contributed by atoms with Gasteiger partial charge in [-0.1, -0.05) is 62.4 Å². The van der Waals surface area contributed by atoms with Crippen molar-refractivity contribution in [2.24, 2.45) is 0 Å². The van der Waals surface area contributed by atoms with Gasteiger partial charge in [0.15, 0.2) is 0 Å². The largest absolute Gasteiger partial charge is 0.331 e. The van der Waals surface area contributed by atoms with Gasteiger partial charge in [-0.3, -0.25) is 14.2 Å². The summed E-state index contributed by atoms with van der Waals surface area (Å²) in [7, 11) is 4.02. The van der Waals surface area contributed by atoms with Crippen molar-refractivity contribution in [3.05, 3.63) is 70.3 Å². The van der Waals surface area contributed by atoms with Crippen LogP contribution in [0.3, 0.4) is 0 Å². The first-order chi connectivity index (χ1) is 16.8. The first-order valence-electron chi connectivity index (χ1n) is 12.9. The van der Waals surface area contributed by atoms with Gasteiger partial charge in [0.2, 0.25) is 5.91 Å². The number of likely N-dealkylation sites (N-methyl/N-ethyl adjacent to an activating group) is 1. The van der Waals surface area contributed by atoms with Crippen molar-refractivity contribution in [2.45, 2.75) is 65.3 Å². The molecule has 188 valence electrons. The molecule has 0 spiro atoms. The molecule has 6 heteroatoms. The molecule has 0 saturated heterocycles. The maximum Gasteiger partial charge on any atom is 0.266 e. The van der Waals surface area contributed by atoms with Gasteiger partial charge >= 0.3 is 0 Å². The molecule has 0 aliphatic carbocycles. The van der Waals surface area contributed by atoms with E-state index in [4.69, 9.17) is 4.98 Å². The maximum absolute atomic E-state index is 13.7. The molecule has 0 saturated carbocycles. The molecule has 0 radical (unpaired) electrons. The van der Waals surface area contributed by atoms with E-state index in [0.717, 1.165) is 37.1 Å². The Morgan fingerprint density at radius 1 is 0.971 bits per heavy atom. The fourth-order valence-electron chi connectivity index (χ4n) is 4.38. The number of hydrogen-bond donors (Lipinski definition) is 0. The van der Waals surface area contributed by atoms with Gasteiger partial charge < -0.3 is 9.80 Å². The van der Waals surface area contributed by atoms with Crippen LogP contribution < -0.4 is 5.56 Å². The van der Waals surface area contributed by atoms with Gasteiger partial charge in [-0.15, -0.1) is 0 Å². The van der Waals surface area contributed by atoms with Gasteiger partial charge in [0.05, 0.1) is 22.6 Å². The highest BCUT2D eigenvalue weighted by Crippen LogP contribution is 2.24. The van der Waals surface area contributed by atoms with Crippen molar-refractivity contribution in [3.63, 3.8) is 0 Å². The molecule has 1 unspecified atom stereocenters. The van der Waals surface area contributed by atoms with Crippen LogP contribution in [0.2, 0.25) is 0 Å².